The van der Waals surface area contributed by atoms with Gasteiger partial charge in [0.15, 0.2) is 11.3 Å². The lowest BCUT2D eigenvalue weighted by molar-refractivity contribution is 0.370. The molecule has 0 aliphatic heterocycles. The van der Waals surface area contributed by atoms with Gasteiger partial charge in [0.1, 0.15) is 0 Å². The molecule has 0 aliphatic rings. The van der Waals surface area contributed by atoms with Gasteiger partial charge in [-0.15, -0.1) is 11.6 Å². The van der Waals surface area contributed by atoms with Crippen molar-refractivity contribution in [1.82, 2.24) is 0 Å². The Hall–Kier alpha value is -1.68. The van der Waals surface area contributed by atoms with Gasteiger partial charge in [-0.3, -0.25) is 0 Å². The van der Waals surface area contributed by atoms with Crippen LogP contribution >= 0.6 is 11.6 Å². The van der Waals surface area contributed by atoms with Crippen LogP contribution in [0.1, 0.15) is 5.56 Å². The number of hydrogen-bond donors (Lipinski definition) is 1. The van der Waals surface area contributed by atoms with E-state index in [1.807, 2.05) is 0 Å². The molecule has 0 saturated heterocycles. The summed E-state index contributed by atoms with van der Waals surface area (Å²) in [7, 11) is 1.42. The third-order valence-corrected chi connectivity index (χ3v) is 2.59. The first-order valence-corrected chi connectivity index (χ1v) is 5.09. The van der Waals surface area contributed by atoms with Gasteiger partial charge in [-0.1, -0.05) is 0 Å². The molecule has 0 spiro atoms. The predicted octanol–water partition coefficient (Wildman–Crippen LogP) is 2.25. The number of halogens is 1. The Morgan fingerprint density at radius 2 is 2.25 bits per heavy atom. The van der Waals surface area contributed by atoms with Gasteiger partial charge in [0, 0.05) is 17.3 Å². The molecule has 0 aliphatic carbocycles. The second-order valence-electron chi connectivity index (χ2n) is 3.22. The molecule has 1 N–H and O–H groups in total. The predicted molar refractivity (Wildman–Crippen MR) is 60.3 cm³/mol. The van der Waals surface area contributed by atoms with E-state index in [0.29, 0.717) is 10.9 Å². The molecule has 1 heterocycles. The summed E-state index contributed by atoms with van der Waals surface area (Å²) in [6.07, 6.45) is 0. The molecular formula is C11H9ClO4. The van der Waals surface area contributed by atoms with E-state index >= 15 is 0 Å². The molecular weight excluding hydrogens is 232 g/mol. The maximum Gasteiger partial charge on any atom is 0.336 e. The lowest BCUT2D eigenvalue weighted by atomic mass is 10.1. The van der Waals surface area contributed by atoms with E-state index in [1.54, 1.807) is 12.1 Å². The first-order chi connectivity index (χ1) is 7.67. The summed E-state index contributed by atoms with van der Waals surface area (Å²) in [4.78, 5) is 11.2. The number of fused-ring (bicyclic) bond motifs is 1. The molecule has 1 aromatic heterocycles. The Bertz CT molecular complexity index is 588. The minimum absolute atomic E-state index is 0.0995. The van der Waals surface area contributed by atoms with Crippen molar-refractivity contribution in [2.75, 3.05) is 7.11 Å². The summed E-state index contributed by atoms with van der Waals surface area (Å²) in [5.74, 6) is 0.236. The molecule has 0 amide bonds. The summed E-state index contributed by atoms with van der Waals surface area (Å²) >= 11 is 5.71. The maximum absolute atomic E-state index is 11.2. The molecule has 2 aromatic rings. The van der Waals surface area contributed by atoms with Gasteiger partial charge < -0.3 is 14.3 Å². The van der Waals surface area contributed by atoms with Crippen LogP contribution in [0.15, 0.2) is 27.4 Å². The van der Waals surface area contributed by atoms with E-state index < -0.39 is 5.63 Å². The minimum Gasteiger partial charge on any atom is -0.502 e. The van der Waals surface area contributed by atoms with Crippen molar-refractivity contribution in [3.05, 3.63) is 34.2 Å². The van der Waals surface area contributed by atoms with Crippen LogP contribution in [0.25, 0.3) is 11.0 Å². The molecule has 4 nitrogen and oxygen atoms in total. The quantitative estimate of drug-likeness (QED) is 0.646. The molecule has 2 rings (SSSR count). The van der Waals surface area contributed by atoms with Gasteiger partial charge >= 0.3 is 5.63 Å². The average molecular weight is 241 g/mol. The van der Waals surface area contributed by atoms with Gasteiger partial charge in [0.2, 0.25) is 5.75 Å². The molecule has 16 heavy (non-hydrogen) atoms. The van der Waals surface area contributed by atoms with Crippen molar-refractivity contribution in [3.63, 3.8) is 0 Å². The van der Waals surface area contributed by atoms with Crippen molar-refractivity contribution < 1.29 is 14.3 Å². The average Bonchev–Trinajstić information content (AvgIpc) is 2.29. The monoisotopic (exact) mass is 240 g/mol. The molecule has 0 atom stereocenters. The fraction of sp³-hybridized carbons (Fsp3) is 0.182. The third kappa shape index (κ3) is 1.61. The van der Waals surface area contributed by atoms with Gasteiger partial charge in [0.05, 0.1) is 7.11 Å². The smallest absolute Gasteiger partial charge is 0.336 e. The second kappa shape index (κ2) is 4.06. The van der Waals surface area contributed by atoms with Crippen LogP contribution in [0, 0.1) is 0 Å². The van der Waals surface area contributed by atoms with Crippen LogP contribution in [0.2, 0.25) is 0 Å². The molecule has 0 fully saturated rings. The highest BCUT2D eigenvalue weighted by molar-refractivity contribution is 6.18. The van der Waals surface area contributed by atoms with Crippen molar-refractivity contribution in [1.29, 1.82) is 0 Å². The number of methoxy groups -OCH3 is 1. The van der Waals surface area contributed by atoms with Crippen LogP contribution < -0.4 is 10.4 Å². The first-order valence-electron chi connectivity index (χ1n) is 4.56. The van der Waals surface area contributed by atoms with Gasteiger partial charge in [-0.25, -0.2) is 4.79 Å². The van der Waals surface area contributed by atoms with Crippen molar-refractivity contribution in [2.45, 2.75) is 5.88 Å². The lowest BCUT2D eigenvalue weighted by Gasteiger charge is -2.07. The van der Waals surface area contributed by atoms with E-state index in [2.05, 4.69) is 0 Å². The first kappa shape index (κ1) is 10.8. The molecule has 0 saturated carbocycles. The second-order valence-corrected chi connectivity index (χ2v) is 3.48. The number of benzene rings is 1. The topological polar surface area (TPSA) is 59.7 Å². The van der Waals surface area contributed by atoms with Gasteiger partial charge in [0.25, 0.3) is 0 Å². The molecule has 0 radical (unpaired) electrons. The Morgan fingerprint density at radius 3 is 2.88 bits per heavy atom. The van der Waals surface area contributed by atoms with Gasteiger partial charge in [-0.05, 0) is 17.7 Å². The van der Waals surface area contributed by atoms with E-state index in [1.165, 1.54) is 13.2 Å². The Balaban J connectivity index is 2.88. The number of alkyl halides is 1. The van der Waals surface area contributed by atoms with Crippen LogP contribution in [0.4, 0.5) is 0 Å². The Kier molecular flexibility index (Phi) is 2.75. The van der Waals surface area contributed by atoms with E-state index in [4.69, 9.17) is 20.8 Å². The van der Waals surface area contributed by atoms with E-state index in [-0.39, 0.29) is 23.0 Å². The number of rotatable bonds is 2. The fourth-order valence-corrected chi connectivity index (χ4v) is 1.76. The highest BCUT2D eigenvalue weighted by Gasteiger charge is 2.12. The third-order valence-electron chi connectivity index (χ3n) is 2.30. The highest BCUT2D eigenvalue weighted by atomic mass is 35.5. The van der Waals surface area contributed by atoms with Crippen LogP contribution in [-0.2, 0) is 5.88 Å². The summed E-state index contributed by atoms with van der Waals surface area (Å²) < 4.78 is 9.85. The molecule has 1 aromatic carbocycles. The highest BCUT2D eigenvalue weighted by Crippen LogP contribution is 2.34. The number of phenolic OH excluding ortho intramolecular Hbond substituents is 1. The summed E-state index contributed by atoms with van der Waals surface area (Å²) in [6, 6.07) is 4.59. The number of ether oxygens (including phenoxy) is 1. The lowest BCUT2D eigenvalue weighted by Crippen LogP contribution is -1.99. The Labute approximate surface area is 96.0 Å². The largest absolute Gasteiger partial charge is 0.502 e. The van der Waals surface area contributed by atoms with Gasteiger partial charge in [-0.2, -0.15) is 0 Å². The van der Waals surface area contributed by atoms with Crippen molar-refractivity contribution in [2.24, 2.45) is 0 Å². The minimum atomic E-state index is -0.549. The normalized spacial score (nSPS) is 10.6. The van der Waals surface area contributed by atoms with E-state index in [9.17, 15) is 9.90 Å². The SMILES string of the molecule is COc1ccc2c(CCl)cc(=O)oc2c1O. The fourth-order valence-electron chi connectivity index (χ4n) is 1.53. The maximum atomic E-state index is 11.2. The molecule has 0 unspecified atom stereocenters. The van der Waals surface area contributed by atoms with E-state index in [0.717, 1.165) is 0 Å². The standard InChI is InChI=1S/C11H9ClO4/c1-15-8-3-2-7-6(5-12)4-9(13)16-11(7)10(8)14/h2-4,14H,5H2,1H3. The van der Waals surface area contributed by atoms with Crippen LogP contribution in [0.5, 0.6) is 11.5 Å². The van der Waals surface area contributed by atoms with Crippen molar-refractivity contribution in [3.8, 4) is 11.5 Å². The van der Waals surface area contributed by atoms with Crippen LogP contribution in [-0.4, -0.2) is 12.2 Å². The molecule has 84 valence electrons. The van der Waals surface area contributed by atoms with Crippen LogP contribution in [0.3, 0.4) is 0 Å². The summed E-state index contributed by atoms with van der Waals surface area (Å²) in [5, 5.41) is 10.4. The Morgan fingerprint density at radius 1 is 1.50 bits per heavy atom. The number of hydrogen-bond acceptors (Lipinski definition) is 4. The summed E-state index contributed by atoms with van der Waals surface area (Å²) in [5.41, 5.74) is 0.167. The number of phenols is 1. The zero-order valence-electron chi connectivity index (χ0n) is 8.49. The van der Waals surface area contributed by atoms with Crippen molar-refractivity contribution >= 4 is 22.6 Å². The molecule has 5 heteroatoms. The zero-order chi connectivity index (χ0) is 11.7. The number of aromatic hydroxyl groups is 1. The zero-order valence-corrected chi connectivity index (χ0v) is 9.25. The summed E-state index contributed by atoms with van der Waals surface area (Å²) in [6.45, 7) is 0. The molecule has 0 bridgehead atoms.